The van der Waals surface area contributed by atoms with E-state index in [0.29, 0.717) is 17.9 Å². The van der Waals surface area contributed by atoms with Gasteiger partial charge in [0.1, 0.15) is 5.75 Å². The van der Waals surface area contributed by atoms with E-state index in [0.717, 1.165) is 42.8 Å². The van der Waals surface area contributed by atoms with E-state index in [9.17, 15) is 9.59 Å². The maximum absolute atomic E-state index is 12.9. The van der Waals surface area contributed by atoms with E-state index in [-0.39, 0.29) is 11.8 Å². The lowest BCUT2D eigenvalue weighted by atomic mass is 10.2. The summed E-state index contributed by atoms with van der Waals surface area (Å²) >= 11 is 3.45. The van der Waals surface area contributed by atoms with Crippen LogP contribution in [0.15, 0.2) is 46.9 Å². The van der Waals surface area contributed by atoms with Gasteiger partial charge in [-0.25, -0.2) is 0 Å². The van der Waals surface area contributed by atoms with E-state index in [1.807, 2.05) is 47.4 Å². The summed E-state index contributed by atoms with van der Waals surface area (Å²) in [7, 11) is 1.61. The van der Waals surface area contributed by atoms with Crippen LogP contribution in [0.2, 0.25) is 0 Å². The Kier molecular flexibility index (Phi) is 7.28. The number of carbonyl (C=O) groups is 2. The van der Waals surface area contributed by atoms with Crippen LogP contribution in [0, 0.1) is 0 Å². The number of anilines is 1. The largest absolute Gasteiger partial charge is 0.496 e. The highest BCUT2D eigenvalue weighted by atomic mass is 79.9. The summed E-state index contributed by atoms with van der Waals surface area (Å²) in [5, 5.41) is 2.78. The number of rotatable bonds is 5. The summed E-state index contributed by atoms with van der Waals surface area (Å²) < 4.78 is 6.03. The molecule has 1 aliphatic rings. The summed E-state index contributed by atoms with van der Waals surface area (Å²) in [4.78, 5) is 28.3. The normalized spacial score (nSPS) is 14.9. The minimum atomic E-state index is -0.0704. The fraction of sp³-hybridized carbons (Fsp3) is 0.364. The van der Waals surface area contributed by atoms with Gasteiger partial charge in [0.15, 0.2) is 0 Å². The van der Waals surface area contributed by atoms with Crippen molar-refractivity contribution in [3.8, 4) is 5.75 Å². The molecule has 1 heterocycles. The smallest absolute Gasteiger partial charge is 0.253 e. The third kappa shape index (κ3) is 5.81. The molecular formula is C22H26BrN3O3. The zero-order valence-electron chi connectivity index (χ0n) is 16.8. The van der Waals surface area contributed by atoms with E-state index in [1.54, 1.807) is 7.11 Å². The molecule has 1 fully saturated rings. The molecule has 0 bridgehead atoms. The third-order valence-electron chi connectivity index (χ3n) is 4.95. The predicted octanol–water partition coefficient (Wildman–Crippen LogP) is 3.76. The molecule has 2 aromatic rings. The van der Waals surface area contributed by atoms with Crippen molar-refractivity contribution in [3.63, 3.8) is 0 Å². The fourth-order valence-electron chi connectivity index (χ4n) is 3.47. The van der Waals surface area contributed by atoms with Crippen LogP contribution in [0.5, 0.6) is 5.75 Å². The zero-order valence-corrected chi connectivity index (χ0v) is 18.4. The number of halogens is 1. The van der Waals surface area contributed by atoms with Gasteiger partial charge in [0.05, 0.1) is 11.6 Å². The second kappa shape index (κ2) is 9.89. The first-order valence-corrected chi connectivity index (χ1v) is 10.5. The number of nitrogens with zero attached hydrogens (tertiary/aromatic N) is 2. The Bertz CT molecular complexity index is 870. The molecule has 0 aromatic heterocycles. The molecule has 29 heavy (non-hydrogen) atoms. The van der Waals surface area contributed by atoms with Crippen molar-refractivity contribution < 1.29 is 14.3 Å². The number of hydrogen-bond acceptors (Lipinski definition) is 4. The van der Waals surface area contributed by atoms with Crippen LogP contribution >= 0.6 is 15.9 Å². The number of nitrogens with one attached hydrogen (secondary N) is 1. The molecule has 2 aromatic carbocycles. The topological polar surface area (TPSA) is 61.9 Å². The maximum atomic E-state index is 12.9. The van der Waals surface area contributed by atoms with Gasteiger partial charge in [0.25, 0.3) is 5.91 Å². The lowest BCUT2D eigenvalue weighted by Crippen LogP contribution is -2.35. The Labute approximate surface area is 180 Å². The van der Waals surface area contributed by atoms with Gasteiger partial charge in [0.2, 0.25) is 5.91 Å². The van der Waals surface area contributed by atoms with Crippen LogP contribution in [-0.2, 0) is 11.3 Å². The molecule has 0 unspecified atom stereocenters. The quantitative estimate of drug-likeness (QED) is 0.738. The van der Waals surface area contributed by atoms with Crippen molar-refractivity contribution >= 4 is 33.4 Å². The molecule has 1 N–H and O–H groups in total. The molecule has 1 saturated heterocycles. The Morgan fingerprint density at radius 1 is 1.07 bits per heavy atom. The molecule has 6 nitrogen and oxygen atoms in total. The molecule has 0 atom stereocenters. The van der Waals surface area contributed by atoms with Gasteiger partial charge in [-0.15, -0.1) is 0 Å². The average Bonchev–Trinajstić information content (AvgIpc) is 2.94. The van der Waals surface area contributed by atoms with Gasteiger partial charge in [-0.1, -0.05) is 12.1 Å². The van der Waals surface area contributed by atoms with E-state index in [1.165, 1.54) is 12.5 Å². The van der Waals surface area contributed by atoms with Crippen molar-refractivity contribution in [1.82, 2.24) is 9.80 Å². The van der Waals surface area contributed by atoms with E-state index in [4.69, 9.17) is 4.74 Å². The Balaban J connectivity index is 1.58. The zero-order chi connectivity index (χ0) is 20.8. The number of carbonyl (C=O) groups excluding carboxylic acids is 2. The predicted molar refractivity (Wildman–Crippen MR) is 117 cm³/mol. The Morgan fingerprint density at radius 2 is 1.83 bits per heavy atom. The lowest BCUT2D eigenvalue weighted by molar-refractivity contribution is -0.114. The van der Waals surface area contributed by atoms with Crippen molar-refractivity contribution in [2.45, 2.75) is 19.9 Å². The summed E-state index contributed by atoms with van der Waals surface area (Å²) in [6.07, 6.45) is 0.938. The van der Waals surface area contributed by atoms with Crippen molar-refractivity contribution in [3.05, 3.63) is 58.1 Å². The standard InChI is InChI=1S/C22H26BrN3O3/c1-16(27)24-19-7-4-17(5-8-19)15-25-10-3-11-26(13-12-25)22(28)18-6-9-21(29-2)20(23)14-18/h4-9,14H,3,10-13,15H2,1-2H3,(H,24,27). The minimum Gasteiger partial charge on any atom is -0.496 e. The number of methoxy groups -OCH3 is 1. The van der Waals surface area contributed by atoms with Crippen molar-refractivity contribution in [2.75, 3.05) is 38.6 Å². The number of benzene rings is 2. The lowest BCUT2D eigenvalue weighted by Gasteiger charge is -2.22. The van der Waals surface area contributed by atoms with Crippen molar-refractivity contribution in [2.24, 2.45) is 0 Å². The van der Waals surface area contributed by atoms with Gasteiger partial charge >= 0.3 is 0 Å². The second-order valence-corrected chi connectivity index (χ2v) is 8.00. The van der Waals surface area contributed by atoms with Crippen LogP contribution in [0.3, 0.4) is 0 Å². The SMILES string of the molecule is COc1ccc(C(=O)N2CCCN(Cc3ccc(NC(C)=O)cc3)CC2)cc1Br. The summed E-state index contributed by atoms with van der Waals surface area (Å²) in [5.74, 6) is 0.696. The van der Waals surface area contributed by atoms with Crippen LogP contribution < -0.4 is 10.1 Å². The first-order valence-electron chi connectivity index (χ1n) is 9.68. The van der Waals surface area contributed by atoms with Gasteiger partial charge in [0, 0.05) is 50.9 Å². The van der Waals surface area contributed by atoms with Gasteiger partial charge in [-0.3, -0.25) is 14.5 Å². The van der Waals surface area contributed by atoms with Gasteiger partial charge in [-0.2, -0.15) is 0 Å². The molecule has 3 rings (SSSR count). The van der Waals surface area contributed by atoms with Crippen LogP contribution in [-0.4, -0.2) is 54.9 Å². The molecule has 154 valence electrons. The summed E-state index contributed by atoms with van der Waals surface area (Å²) in [6.45, 7) is 5.56. The molecule has 0 saturated carbocycles. The maximum Gasteiger partial charge on any atom is 0.253 e. The fourth-order valence-corrected chi connectivity index (χ4v) is 4.01. The minimum absolute atomic E-state index is 0.0508. The molecule has 2 amide bonds. The molecular weight excluding hydrogens is 434 g/mol. The number of amides is 2. The van der Waals surface area contributed by atoms with E-state index < -0.39 is 0 Å². The molecule has 1 aliphatic heterocycles. The first-order chi connectivity index (χ1) is 14.0. The van der Waals surface area contributed by atoms with E-state index >= 15 is 0 Å². The molecule has 0 radical (unpaired) electrons. The Morgan fingerprint density at radius 3 is 2.48 bits per heavy atom. The number of ether oxygens (including phenoxy) is 1. The van der Waals surface area contributed by atoms with Crippen LogP contribution in [0.25, 0.3) is 0 Å². The molecule has 0 spiro atoms. The summed E-state index contributed by atoms with van der Waals surface area (Å²) in [6, 6.07) is 13.4. The van der Waals surface area contributed by atoms with Crippen LogP contribution in [0.4, 0.5) is 5.69 Å². The highest BCUT2D eigenvalue weighted by Crippen LogP contribution is 2.26. The highest BCUT2D eigenvalue weighted by Gasteiger charge is 2.21. The third-order valence-corrected chi connectivity index (χ3v) is 5.57. The first kappa shape index (κ1) is 21.3. The van der Waals surface area contributed by atoms with E-state index in [2.05, 4.69) is 26.1 Å². The monoisotopic (exact) mass is 459 g/mol. The van der Waals surface area contributed by atoms with Crippen molar-refractivity contribution in [1.29, 1.82) is 0 Å². The molecule has 7 heteroatoms. The second-order valence-electron chi connectivity index (χ2n) is 7.15. The van der Waals surface area contributed by atoms with Gasteiger partial charge in [-0.05, 0) is 58.2 Å². The number of hydrogen-bond donors (Lipinski definition) is 1. The highest BCUT2D eigenvalue weighted by molar-refractivity contribution is 9.10. The Hall–Kier alpha value is -2.38. The summed E-state index contributed by atoms with van der Waals surface area (Å²) in [5.41, 5.74) is 2.66. The van der Waals surface area contributed by atoms with Gasteiger partial charge < -0.3 is 15.0 Å². The average molecular weight is 460 g/mol. The van der Waals surface area contributed by atoms with Crippen LogP contribution in [0.1, 0.15) is 29.3 Å². The molecule has 0 aliphatic carbocycles.